The monoisotopic (exact) mass is 394 g/mol. The van der Waals surface area contributed by atoms with Crippen molar-refractivity contribution in [3.05, 3.63) is 35.3 Å². The second kappa shape index (κ2) is 8.69. The van der Waals surface area contributed by atoms with Crippen LogP contribution >= 0.6 is 0 Å². The molecule has 0 radical (unpaired) electrons. The van der Waals surface area contributed by atoms with Crippen LogP contribution in [0.15, 0.2) is 24.3 Å². The van der Waals surface area contributed by atoms with Gasteiger partial charge >= 0.3 is 0 Å². The summed E-state index contributed by atoms with van der Waals surface area (Å²) >= 11 is 0. The van der Waals surface area contributed by atoms with Gasteiger partial charge in [-0.2, -0.15) is 0 Å². The molecule has 0 amide bonds. The van der Waals surface area contributed by atoms with Crippen molar-refractivity contribution in [3.63, 3.8) is 0 Å². The lowest BCUT2D eigenvalue weighted by molar-refractivity contribution is -0.590. The van der Waals surface area contributed by atoms with E-state index in [1.807, 2.05) is 28.8 Å². The number of fused-ring (bicyclic) bond motifs is 1. The fourth-order valence-electron chi connectivity index (χ4n) is 2.61. The largest absolute Gasteiger partial charge is 0.710 e. The Morgan fingerprint density at radius 3 is 2.12 bits per heavy atom. The van der Waals surface area contributed by atoms with Crippen LogP contribution < -0.4 is 4.73 Å². The van der Waals surface area contributed by atoms with Gasteiger partial charge in [0.05, 0.1) is 0 Å². The molecule has 2 aromatic rings. The Labute approximate surface area is 159 Å². The first-order chi connectivity index (χ1) is 12.1. The molecule has 0 bridgehead atoms. The van der Waals surface area contributed by atoms with E-state index in [-0.39, 0.29) is 0 Å². The zero-order valence-electron chi connectivity index (χ0n) is 17.2. The Bertz CT molecular complexity index is 718. The van der Waals surface area contributed by atoms with E-state index in [4.69, 9.17) is 9.47 Å². The lowest BCUT2D eigenvalue weighted by Crippen LogP contribution is -2.32. The molecule has 0 unspecified atom stereocenters. The van der Waals surface area contributed by atoms with E-state index in [1.54, 1.807) is 0 Å². The van der Waals surface area contributed by atoms with Crippen molar-refractivity contribution in [2.75, 3.05) is 13.2 Å². The highest BCUT2D eigenvalue weighted by Crippen LogP contribution is 2.16. The molecule has 146 valence electrons. The third kappa shape index (κ3) is 6.23. The third-order valence-electron chi connectivity index (χ3n) is 4.38. The average molecular weight is 395 g/mol. The number of imidazole rings is 1. The minimum Gasteiger partial charge on any atom is -0.710 e. The Hall–Kier alpha value is -1.16. The molecule has 0 atom stereocenters. The predicted octanol–water partition coefficient (Wildman–Crippen LogP) is 4.44. The second-order valence-electron chi connectivity index (χ2n) is 9.34. The van der Waals surface area contributed by atoms with Crippen LogP contribution in [-0.2, 0) is 22.8 Å². The van der Waals surface area contributed by atoms with Gasteiger partial charge in [-0.15, -0.1) is 0 Å². The zero-order chi connectivity index (χ0) is 19.4. The molecule has 5 nitrogen and oxygen atoms in total. The minimum atomic E-state index is -1.14. The molecule has 1 aromatic heterocycles. The van der Waals surface area contributed by atoms with E-state index in [9.17, 15) is 5.21 Å². The summed E-state index contributed by atoms with van der Waals surface area (Å²) < 4.78 is 14.7. The normalized spacial score (nSPS) is 12.8. The van der Waals surface area contributed by atoms with Crippen molar-refractivity contribution in [1.82, 2.24) is 4.57 Å². The quantitative estimate of drug-likeness (QED) is 0.259. The second-order valence-corrected chi connectivity index (χ2v) is 20.6. The van der Waals surface area contributed by atoms with Gasteiger partial charge in [0, 0.05) is 29.4 Å². The molecule has 26 heavy (non-hydrogen) atoms. The minimum absolute atomic E-state index is 0.319. The predicted molar refractivity (Wildman–Crippen MR) is 113 cm³/mol. The topological polar surface area (TPSA) is 50.3 Å². The number of hydrogen-bond donors (Lipinski definition) is 0. The first-order valence-electron chi connectivity index (χ1n) is 9.44. The summed E-state index contributed by atoms with van der Waals surface area (Å²) in [5.41, 5.74) is 1.57. The van der Waals surface area contributed by atoms with E-state index >= 15 is 0 Å². The summed E-state index contributed by atoms with van der Waals surface area (Å²) in [6.07, 6.45) is 0. The summed E-state index contributed by atoms with van der Waals surface area (Å²) in [5, 5.41) is 12.7. The Morgan fingerprint density at radius 1 is 0.923 bits per heavy atom. The van der Waals surface area contributed by atoms with Gasteiger partial charge in [0.1, 0.15) is 6.61 Å². The molecule has 0 spiro atoms. The number of nitrogens with zero attached hydrogens (tertiary/aromatic N) is 2. The standard InChI is InChI=1S/C19H34N2O3Si2/c1-25(2,3)13-11-23-15-19-20(16-24-12-14-26(4,5)6)17-9-7-8-10-18(17)21(19)22/h7-10H,11-16H2,1-6H3. The van der Waals surface area contributed by atoms with Crippen molar-refractivity contribution in [3.8, 4) is 0 Å². The smallest absolute Gasteiger partial charge is 0.288 e. The van der Waals surface area contributed by atoms with Gasteiger partial charge in [-0.1, -0.05) is 51.4 Å². The number of ether oxygens (including phenoxy) is 2. The van der Waals surface area contributed by atoms with Crippen LogP contribution in [0.5, 0.6) is 0 Å². The highest BCUT2D eigenvalue weighted by Gasteiger charge is 2.22. The van der Waals surface area contributed by atoms with Crippen molar-refractivity contribution in [2.24, 2.45) is 0 Å². The molecule has 0 fully saturated rings. The SMILES string of the molecule is C[Si](C)(C)CCOCc1n(COCC[Si](C)(C)C)c2ccccc2[n+]1[O-]. The molecule has 0 aliphatic carbocycles. The number of para-hydroxylation sites is 2. The van der Waals surface area contributed by atoms with Crippen molar-refractivity contribution < 1.29 is 14.2 Å². The lowest BCUT2D eigenvalue weighted by Gasteiger charge is -2.16. The number of hydrogen-bond acceptors (Lipinski definition) is 3. The van der Waals surface area contributed by atoms with Crippen molar-refractivity contribution in [1.29, 1.82) is 0 Å². The molecule has 0 aliphatic rings. The van der Waals surface area contributed by atoms with E-state index in [0.29, 0.717) is 31.3 Å². The van der Waals surface area contributed by atoms with Crippen LogP contribution in [0.2, 0.25) is 51.4 Å². The molecular weight excluding hydrogens is 360 g/mol. The Kier molecular flexibility index (Phi) is 7.07. The highest BCUT2D eigenvalue weighted by atomic mass is 28.3. The van der Waals surface area contributed by atoms with E-state index in [2.05, 4.69) is 39.3 Å². The highest BCUT2D eigenvalue weighted by molar-refractivity contribution is 6.76. The van der Waals surface area contributed by atoms with Crippen LogP contribution in [0.1, 0.15) is 5.82 Å². The fraction of sp³-hybridized carbons (Fsp3) is 0.632. The first kappa shape index (κ1) is 21.1. The summed E-state index contributed by atoms with van der Waals surface area (Å²) in [6, 6.07) is 9.88. The van der Waals surface area contributed by atoms with Crippen LogP contribution in [0.25, 0.3) is 11.0 Å². The summed E-state index contributed by atoms with van der Waals surface area (Å²) in [7, 11) is -2.26. The first-order valence-corrected chi connectivity index (χ1v) is 16.9. The van der Waals surface area contributed by atoms with Gasteiger partial charge in [0.15, 0.2) is 17.8 Å². The van der Waals surface area contributed by atoms with Crippen LogP contribution in [0.4, 0.5) is 0 Å². The number of benzene rings is 1. The molecule has 7 heteroatoms. The summed E-state index contributed by atoms with van der Waals surface area (Å²) in [4.78, 5) is 0. The Balaban J connectivity index is 2.10. The van der Waals surface area contributed by atoms with Crippen LogP contribution in [0.3, 0.4) is 0 Å². The third-order valence-corrected chi connectivity index (χ3v) is 7.79. The zero-order valence-corrected chi connectivity index (χ0v) is 19.2. The summed E-state index contributed by atoms with van der Waals surface area (Å²) in [5.74, 6) is 0.620. The maximum Gasteiger partial charge on any atom is 0.288 e. The maximum absolute atomic E-state index is 12.7. The lowest BCUT2D eigenvalue weighted by atomic mass is 10.3. The van der Waals surface area contributed by atoms with Crippen LogP contribution in [-0.4, -0.2) is 33.9 Å². The van der Waals surface area contributed by atoms with Gasteiger partial charge in [-0.05, 0) is 24.2 Å². The van der Waals surface area contributed by atoms with Crippen molar-refractivity contribution in [2.45, 2.75) is 64.7 Å². The number of aromatic nitrogens is 2. The van der Waals surface area contributed by atoms with E-state index < -0.39 is 16.1 Å². The van der Waals surface area contributed by atoms with Crippen molar-refractivity contribution >= 4 is 27.2 Å². The van der Waals surface area contributed by atoms with E-state index in [1.165, 1.54) is 0 Å². The molecule has 0 aliphatic heterocycles. The molecule has 0 saturated heterocycles. The van der Waals surface area contributed by atoms with Gasteiger partial charge in [0.2, 0.25) is 0 Å². The molecule has 0 N–H and O–H groups in total. The van der Waals surface area contributed by atoms with Gasteiger partial charge < -0.3 is 14.7 Å². The molecule has 1 aromatic carbocycles. The molecule has 0 saturated carbocycles. The molecular formula is C19H34N2O3Si2. The van der Waals surface area contributed by atoms with Gasteiger partial charge in [-0.25, -0.2) is 9.30 Å². The maximum atomic E-state index is 12.7. The Morgan fingerprint density at radius 2 is 1.50 bits per heavy atom. The molecule has 2 rings (SSSR count). The summed E-state index contributed by atoms with van der Waals surface area (Å²) in [6.45, 7) is 16.1. The molecule has 1 heterocycles. The average Bonchev–Trinajstić information content (AvgIpc) is 2.79. The van der Waals surface area contributed by atoms with E-state index in [0.717, 1.165) is 28.9 Å². The fourth-order valence-corrected chi connectivity index (χ4v) is 4.12. The van der Waals surface area contributed by atoms with Crippen LogP contribution in [0, 0.1) is 5.21 Å². The van der Waals surface area contributed by atoms with Gasteiger partial charge in [0.25, 0.3) is 5.82 Å². The number of rotatable bonds is 10. The van der Waals surface area contributed by atoms with Gasteiger partial charge in [-0.3, -0.25) is 0 Å².